The molecule has 0 bridgehead atoms. The van der Waals surface area contributed by atoms with E-state index in [0.29, 0.717) is 18.9 Å². The van der Waals surface area contributed by atoms with Crippen molar-refractivity contribution >= 4 is 0 Å². The lowest BCUT2D eigenvalue weighted by Crippen LogP contribution is -2.14. The lowest BCUT2D eigenvalue weighted by atomic mass is 10.0. The molecule has 2 unspecified atom stereocenters. The van der Waals surface area contributed by atoms with Gasteiger partial charge in [0.05, 0.1) is 6.61 Å². The SMILES string of the molecule is CCOCCc1noc(C(C)CCCC(C)N)n1. The number of hydrogen-bond donors (Lipinski definition) is 1. The molecule has 0 aliphatic rings. The lowest BCUT2D eigenvalue weighted by Gasteiger charge is -2.07. The molecule has 18 heavy (non-hydrogen) atoms. The molecule has 5 heteroatoms. The van der Waals surface area contributed by atoms with Crippen LogP contribution in [0.25, 0.3) is 0 Å². The van der Waals surface area contributed by atoms with Crippen molar-refractivity contribution in [2.24, 2.45) is 5.73 Å². The van der Waals surface area contributed by atoms with Crippen molar-refractivity contribution in [2.45, 2.75) is 58.4 Å². The lowest BCUT2D eigenvalue weighted by molar-refractivity contribution is 0.149. The van der Waals surface area contributed by atoms with Gasteiger partial charge in [-0.1, -0.05) is 18.5 Å². The molecule has 0 saturated heterocycles. The highest BCUT2D eigenvalue weighted by Gasteiger charge is 2.14. The summed E-state index contributed by atoms with van der Waals surface area (Å²) in [6.45, 7) is 7.49. The predicted octanol–water partition coefficient (Wildman–Crippen LogP) is 2.27. The Kier molecular flexibility index (Phi) is 6.90. The van der Waals surface area contributed by atoms with Crippen molar-refractivity contribution in [1.29, 1.82) is 0 Å². The maximum Gasteiger partial charge on any atom is 0.229 e. The van der Waals surface area contributed by atoms with E-state index in [-0.39, 0.29) is 6.04 Å². The molecule has 1 rings (SSSR count). The second-order valence-corrected chi connectivity index (χ2v) is 4.81. The molecule has 1 aromatic heterocycles. The molecule has 104 valence electrons. The minimum atomic E-state index is 0.265. The largest absolute Gasteiger partial charge is 0.381 e. The average Bonchev–Trinajstić information content (AvgIpc) is 2.77. The Hall–Kier alpha value is -0.940. The van der Waals surface area contributed by atoms with Crippen LogP contribution in [0.5, 0.6) is 0 Å². The first-order chi connectivity index (χ1) is 8.63. The Bertz CT molecular complexity index is 326. The van der Waals surface area contributed by atoms with Crippen LogP contribution in [-0.4, -0.2) is 29.4 Å². The third kappa shape index (κ3) is 5.60. The Labute approximate surface area is 109 Å². The highest BCUT2D eigenvalue weighted by atomic mass is 16.5. The van der Waals surface area contributed by atoms with Gasteiger partial charge in [-0.05, 0) is 26.7 Å². The zero-order valence-electron chi connectivity index (χ0n) is 11.7. The van der Waals surface area contributed by atoms with Crippen LogP contribution in [0.4, 0.5) is 0 Å². The zero-order chi connectivity index (χ0) is 13.4. The van der Waals surface area contributed by atoms with E-state index in [4.69, 9.17) is 15.0 Å². The molecular weight excluding hydrogens is 230 g/mol. The number of hydrogen-bond acceptors (Lipinski definition) is 5. The van der Waals surface area contributed by atoms with Crippen molar-refractivity contribution in [2.75, 3.05) is 13.2 Å². The van der Waals surface area contributed by atoms with E-state index in [2.05, 4.69) is 17.1 Å². The summed E-state index contributed by atoms with van der Waals surface area (Å²) in [4.78, 5) is 4.39. The van der Waals surface area contributed by atoms with Gasteiger partial charge >= 0.3 is 0 Å². The van der Waals surface area contributed by atoms with Crippen LogP contribution in [0.2, 0.25) is 0 Å². The van der Waals surface area contributed by atoms with Crippen LogP contribution in [0.3, 0.4) is 0 Å². The van der Waals surface area contributed by atoms with Crippen LogP contribution in [0.1, 0.15) is 57.7 Å². The normalized spacial score (nSPS) is 14.7. The van der Waals surface area contributed by atoms with Gasteiger partial charge < -0.3 is 15.0 Å². The minimum Gasteiger partial charge on any atom is -0.381 e. The number of nitrogens with two attached hydrogens (primary N) is 1. The Morgan fingerprint density at radius 3 is 2.78 bits per heavy atom. The highest BCUT2D eigenvalue weighted by Crippen LogP contribution is 2.20. The fourth-order valence-electron chi connectivity index (χ4n) is 1.75. The van der Waals surface area contributed by atoms with Crippen LogP contribution in [-0.2, 0) is 11.2 Å². The van der Waals surface area contributed by atoms with Gasteiger partial charge in [0.2, 0.25) is 5.89 Å². The monoisotopic (exact) mass is 255 g/mol. The van der Waals surface area contributed by atoms with Gasteiger partial charge in [-0.2, -0.15) is 4.98 Å². The van der Waals surface area contributed by atoms with Crippen LogP contribution < -0.4 is 5.73 Å². The van der Waals surface area contributed by atoms with Crippen molar-refractivity contribution in [3.05, 3.63) is 11.7 Å². The van der Waals surface area contributed by atoms with Crippen molar-refractivity contribution in [3.8, 4) is 0 Å². The molecule has 0 fully saturated rings. The number of nitrogens with zero attached hydrogens (tertiary/aromatic N) is 2. The summed E-state index contributed by atoms with van der Waals surface area (Å²) in [5.41, 5.74) is 5.72. The van der Waals surface area contributed by atoms with Crippen LogP contribution in [0.15, 0.2) is 4.52 Å². The van der Waals surface area contributed by atoms with E-state index >= 15 is 0 Å². The number of aromatic nitrogens is 2. The van der Waals surface area contributed by atoms with Gasteiger partial charge in [-0.25, -0.2) is 0 Å². The van der Waals surface area contributed by atoms with E-state index < -0.39 is 0 Å². The van der Waals surface area contributed by atoms with E-state index in [1.54, 1.807) is 0 Å². The van der Waals surface area contributed by atoms with Crippen LogP contribution >= 0.6 is 0 Å². The van der Waals surface area contributed by atoms with Crippen molar-refractivity contribution < 1.29 is 9.26 Å². The molecule has 2 atom stereocenters. The molecule has 2 N–H and O–H groups in total. The van der Waals surface area contributed by atoms with Gasteiger partial charge in [0.25, 0.3) is 0 Å². The molecule has 0 aliphatic heterocycles. The Balaban J connectivity index is 2.32. The summed E-state index contributed by atoms with van der Waals surface area (Å²) >= 11 is 0. The summed E-state index contributed by atoms with van der Waals surface area (Å²) in [5, 5.41) is 3.96. The maximum atomic E-state index is 5.72. The first-order valence-corrected chi connectivity index (χ1v) is 6.79. The Morgan fingerprint density at radius 1 is 1.33 bits per heavy atom. The summed E-state index contributed by atoms with van der Waals surface area (Å²) in [7, 11) is 0. The summed E-state index contributed by atoms with van der Waals surface area (Å²) < 4.78 is 10.5. The zero-order valence-corrected chi connectivity index (χ0v) is 11.7. The fraction of sp³-hybridized carbons (Fsp3) is 0.846. The van der Waals surface area contributed by atoms with Gasteiger partial charge in [-0.15, -0.1) is 0 Å². The van der Waals surface area contributed by atoms with Crippen LogP contribution in [0, 0.1) is 0 Å². The average molecular weight is 255 g/mol. The van der Waals surface area contributed by atoms with Gasteiger partial charge in [-0.3, -0.25) is 0 Å². The summed E-state index contributed by atoms with van der Waals surface area (Å²) in [6, 6.07) is 0.265. The minimum absolute atomic E-state index is 0.265. The molecule has 0 aliphatic carbocycles. The highest BCUT2D eigenvalue weighted by molar-refractivity contribution is 4.92. The maximum absolute atomic E-state index is 5.72. The number of rotatable bonds is 9. The van der Waals surface area contributed by atoms with E-state index in [1.165, 1.54) is 0 Å². The van der Waals surface area contributed by atoms with E-state index in [0.717, 1.165) is 37.6 Å². The standard InChI is InChI=1S/C13H25N3O2/c1-4-17-9-8-12-15-13(18-16-12)10(2)6-5-7-11(3)14/h10-11H,4-9,14H2,1-3H3. The van der Waals surface area contributed by atoms with Gasteiger partial charge in [0.1, 0.15) is 0 Å². The van der Waals surface area contributed by atoms with E-state index in [1.807, 2.05) is 13.8 Å². The molecule has 0 saturated carbocycles. The van der Waals surface area contributed by atoms with Gasteiger partial charge in [0.15, 0.2) is 5.82 Å². The summed E-state index contributed by atoms with van der Waals surface area (Å²) in [5.74, 6) is 1.76. The second-order valence-electron chi connectivity index (χ2n) is 4.81. The summed E-state index contributed by atoms with van der Waals surface area (Å²) in [6.07, 6.45) is 3.88. The van der Waals surface area contributed by atoms with Crippen molar-refractivity contribution in [3.63, 3.8) is 0 Å². The molecule has 1 heterocycles. The van der Waals surface area contributed by atoms with Gasteiger partial charge in [0, 0.05) is 25.0 Å². The molecule has 0 aromatic carbocycles. The van der Waals surface area contributed by atoms with E-state index in [9.17, 15) is 0 Å². The molecule has 0 spiro atoms. The third-order valence-electron chi connectivity index (χ3n) is 2.88. The number of ether oxygens (including phenoxy) is 1. The molecule has 1 aromatic rings. The topological polar surface area (TPSA) is 74.2 Å². The molecule has 5 nitrogen and oxygen atoms in total. The molecule has 0 amide bonds. The quantitative estimate of drug-likeness (QED) is 0.685. The molecular formula is C13H25N3O2. The second kappa shape index (κ2) is 8.21. The van der Waals surface area contributed by atoms with Crippen molar-refractivity contribution in [1.82, 2.24) is 10.1 Å². The molecule has 0 radical (unpaired) electrons. The first-order valence-electron chi connectivity index (χ1n) is 6.79. The third-order valence-corrected chi connectivity index (χ3v) is 2.88. The fourth-order valence-corrected chi connectivity index (χ4v) is 1.75. The Morgan fingerprint density at radius 2 is 2.11 bits per heavy atom. The first kappa shape index (κ1) is 15.1. The predicted molar refractivity (Wildman–Crippen MR) is 70.4 cm³/mol. The smallest absolute Gasteiger partial charge is 0.229 e.